The van der Waals surface area contributed by atoms with Gasteiger partial charge in [0, 0.05) is 31.0 Å². The van der Waals surface area contributed by atoms with E-state index in [0.29, 0.717) is 31.0 Å². The predicted octanol–water partition coefficient (Wildman–Crippen LogP) is 4.73. The Hall–Kier alpha value is -3.97. The summed E-state index contributed by atoms with van der Waals surface area (Å²) in [5, 5.41) is 11.3. The molecule has 192 valence electrons. The molecule has 1 aliphatic rings. The lowest BCUT2D eigenvalue weighted by Crippen LogP contribution is -2.38. The van der Waals surface area contributed by atoms with Crippen LogP contribution in [-0.2, 0) is 16.2 Å². The zero-order chi connectivity index (χ0) is 26.4. The molecule has 0 aliphatic carbocycles. The minimum atomic E-state index is -0.684. The Morgan fingerprint density at radius 3 is 2.38 bits per heavy atom. The fourth-order valence-electron chi connectivity index (χ4n) is 4.63. The summed E-state index contributed by atoms with van der Waals surface area (Å²) >= 11 is 0. The molecule has 2 aromatic carbocycles. The molecule has 2 heterocycles. The first-order chi connectivity index (χ1) is 17.9. The highest BCUT2D eigenvalue weighted by molar-refractivity contribution is 6.46. The zero-order valence-electron chi connectivity index (χ0n) is 21.6. The number of Topliss-reactive ketones (excluding diaryl/α,β-unsaturated/α-hetero) is 1. The van der Waals surface area contributed by atoms with Crippen molar-refractivity contribution in [3.8, 4) is 5.75 Å². The third kappa shape index (κ3) is 5.89. The first-order valence-corrected chi connectivity index (χ1v) is 12.6. The van der Waals surface area contributed by atoms with Gasteiger partial charge >= 0.3 is 0 Å². The maximum Gasteiger partial charge on any atom is 0.295 e. The zero-order valence-corrected chi connectivity index (χ0v) is 21.6. The Morgan fingerprint density at radius 1 is 1.03 bits per heavy atom. The largest absolute Gasteiger partial charge is 0.507 e. The number of likely N-dealkylation sites (tertiary alicyclic amines) is 1. The SMILES string of the molecule is CCN(CC)CCN1C(=O)C(=O)/C(=C(/O)c2ccc(OCc3cccc(C)c3)cc2)[C@@H]1c1ccncc1. The van der Waals surface area contributed by atoms with E-state index in [0.717, 1.165) is 24.2 Å². The highest BCUT2D eigenvalue weighted by Crippen LogP contribution is 2.39. The lowest BCUT2D eigenvalue weighted by molar-refractivity contribution is -0.140. The number of ether oxygens (including phenoxy) is 1. The summed E-state index contributed by atoms with van der Waals surface area (Å²) < 4.78 is 5.89. The normalized spacial score (nSPS) is 17.0. The molecule has 7 nitrogen and oxygen atoms in total. The van der Waals surface area contributed by atoms with Crippen LogP contribution >= 0.6 is 0 Å². The number of ketones is 1. The summed E-state index contributed by atoms with van der Waals surface area (Å²) in [5.74, 6) is -0.841. The number of carbonyl (C=O) groups excluding carboxylic acids is 2. The minimum Gasteiger partial charge on any atom is -0.507 e. The van der Waals surface area contributed by atoms with Gasteiger partial charge in [0.25, 0.3) is 11.7 Å². The number of amides is 1. The molecular formula is C30H33N3O4. The third-order valence-corrected chi connectivity index (χ3v) is 6.73. The van der Waals surface area contributed by atoms with Crippen molar-refractivity contribution in [2.24, 2.45) is 0 Å². The van der Waals surface area contributed by atoms with Crippen LogP contribution in [0, 0.1) is 6.92 Å². The second-order valence-electron chi connectivity index (χ2n) is 9.10. The lowest BCUT2D eigenvalue weighted by atomic mass is 9.96. The van der Waals surface area contributed by atoms with E-state index in [-0.39, 0.29) is 11.3 Å². The second-order valence-corrected chi connectivity index (χ2v) is 9.10. The van der Waals surface area contributed by atoms with Crippen LogP contribution in [0.25, 0.3) is 5.76 Å². The molecule has 37 heavy (non-hydrogen) atoms. The Kier molecular flexibility index (Phi) is 8.36. The molecule has 0 unspecified atom stereocenters. The van der Waals surface area contributed by atoms with E-state index in [2.05, 4.69) is 29.8 Å². The van der Waals surface area contributed by atoms with Crippen LogP contribution in [0.15, 0.2) is 78.6 Å². The maximum atomic E-state index is 13.2. The van der Waals surface area contributed by atoms with Crippen LogP contribution in [-0.4, -0.2) is 57.8 Å². The number of carbonyl (C=O) groups is 2. The van der Waals surface area contributed by atoms with Crippen molar-refractivity contribution in [3.63, 3.8) is 0 Å². The number of likely N-dealkylation sites (N-methyl/N-ethyl adjacent to an activating group) is 1. The number of aryl methyl sites for hydroxylation is 1. The van der Waals surface area contributed by atoms with E-state index in [4.69, 9.17) is 4.74 Å². The van der Waals surface area contributed by atoms with Gasteiger partial charge in [-0.1, -0.05) is 43.7 Å². The fourth-order valence-corrected chi connectivity index (χ4v) is 4.63. The first kappa shape index (κ1) is 26.1. The summed E-state index contributed by atoms with van der Waals surface area (Å²) in [4.78, 5) is 34.1. The van der Waals surface area contributed by atoms with Gasteiger partial charge in [0.15, 0.2) is 0 Å². The summed E-state index contributed by atoms with van der Waals surface area (Å²) in [6.07, 6.45) is 3.25. The second kappa shape index (κ2) is 11.8. The van der Waals surface area contributed by atoms with E-state index in [1.165, 1.54) is 5.56 Å². The van der Waals surface area contributed by atoms with Gasteiger partial charge in [-0.2, -0.15) is 0 Å². The molecule has 1 N–H and O–H groups in total. The van der Waals surface area contributed by atoms with Gasteiger partial charge in [0.2, 0.25) is 0 Å². The van der Waals surface area contributed by atoms with Gasteiger partial charge in [0.05, 0.1) is 11.6 Å². The van der Waals surface area contributed by atoms with Gasteiger partial charge < -0.3 is 19.6 Å². The molecule has 0 saturated carbocycles. The summed E-state index contributed by atoms with van der Waals surface area (Å²) in [5.41, 5.74) is 3.49. The molecular weight excluding hydrogens is 466 g/mol. The Morgan fingerprint density at radius 2 is 1.73 bits per heavy atom. The monoisotopic (exact) mass is 499 g/mol. The van der Waals surface area contributed by atoms with Crippen molar-refractivity contribution in [3.05, 3.63) is 101 Å². The Bertz CT molecular complexity index is 1270. The number of aliphatic hydroxyl groups is 1. The van der Waals surface area contributed by atoms with E-state index < -0.39 is 17.7 Å². The van der Waals surface area contributed by atoms with Gasteiger partial charge in [-0.05, 0) is 67.5 Å². The quantitative estimate of drug-likeness (QED) is 0.247. The van der Waals surface area contributed by atoms with Crippen LogP contribution in [0.2, 0.25) is 0 Å². The van der Waals surface area contributed by atoms with Crippen molar-refractivity contribution < 1.29 is 19.4 Å². The summed E-state index contributed by atoms with van der Waals surface area (Å²) in [6.45, 7) is 9.28. The van der Waals surface area contributed by atoms with Gasteiger partial charge in [-0.3, -0.25) is 14.6 Å². The van der Waals surface area contributed by atoms with Crippen molar-refractivity contribution in [1.82, 2.24) is 14.8 Å². The topological polar surface area (TPSA) is 83.0 Å². The number of benzene rings is 2. The molecule has 4 rings (SSSR count). The number of pyridine rings is 1. The molecule has 1 amide bonds. The number of hydrogen-bond donors (Lipinski definition) is 1. The van der Waals surface area contributed by atoms with Gasteiger partial charge in [-0.15, -0.1) is 0 Å². The van der Waals surface area contributed by atoms with Crippen LogP contribution in [0.5, 0.6) is 5.75 Å². The van der Waals surface area contributed by atoms with Crippen molar-refractivity contribution in [1.29, 1.82) is 0 Å². The Balaban J connectivity index is 1.61. The highest BCUT2D eigenvalue weighted by atomic mass is 16.5. The van der Waals surface area contributed by atoms with E-state index in [1.54, 1.807) is 53.7 Å². The number of hydrogen-bond acceptors (Lipinski definition) is 6. The van der Waals surface area contributed by atoms with E-state index in [9.17, 15) is 14.7 Å². The number of aliphatic hydroxyl groups excluding tert-OH is 1. The van der Waals surface area contributed by atoms with Crippen LogP contribution in [0.1, 0.15) is 42.1 Å². The van der Waals surface area contributed by atoms with Crippen LogP contribution in [0.3, 0.4) is 0 Å². The number of rotatable bonds is 10. The molecule has 1 atom stereocenters. The molecule has 1 aromatic heterocycles. The summed E-state index contributed by atoms with van der Waals surface area (Å²) in [7, 11) is 0. The van der Waals surface area contributed by atoms with Crippen LogP contribution in [0.4, 0.5) is 0 Å². The fraction of sp³-hybridized carbons (Fsp3) is 0.300. The average molecular weight is 500 g/mol. The van der Waals surface area contributed by atoms with Crippen molar-refractivity contribution >= 4 is 17.4 Å². The summed E-state index contributed by atoms with van der Waals surface area (Å²) in [6, 6.07) is 17.9. The van der Waals surface area contributed by atoms with Gasteiger partial charge in [0.1, 0.15) is 18.1 Å². The molecule has 7 heteroatoms. The van der Waals surface area contributed by atoms with Crippen molar-refractivity contribution in [2.75, 3.05) is 26.2 Å². The minimum absolute atomic E-state index is 0.0872. The van der Waals surface area contributed by atoms with Crippen molar-refractivity contribution in [2.45, 2.75) is 33.4 Å². The maximum absolute atomic E-state index is 13.2. The first-order valence-electron chi connectivity index (χ1n) is 12.6. The smallest absolute Gasteiger partial charge is 0.295 e. The average Bonchev–Trinajstić information content (AvgIpc) is 3.18. The number of aromatic nitrogens is 1. The predicted molar refractivity (Wildman–Crippen MR) is 143 cm³/mol. The molecule has 0 radical (unpaired) electrons. The van der Waals surface area contributed by atoms with Crippen LogP contribution < -0.4 is 4.74 Å². The molecule has 0 bridgehead atoms. The van der Waals surface area contributed by atoms with Gasteiger partial charge in [-0.25, -0.2) is 0 Å². The molecule has 1 aliphatic heterocycles. The highest BCUT2D eigenvalue weighted by Gasteiger charge is 2.45. The molecule has 0 spiro atoms. The van der Waals surface area contributed by atoms with E-state index >= 15 is 0 Å². The Labute approximate surface area is 218 Å². The number of nitrogens with zero attached hydrogens (tertiary/aromatic N) is 3. The molecule has 1 fully saturated rings. The molecule has 3 aromatic rings. The third-order valence-electron chi connectivity index (χ3n) is 6.73. The molecule has 1 saturated heterocycles. The standard InChI is InChI=1S/C30H33N3O4/c1-4-32(5-2)17-18-33-27(23-13-15-31-16-14-23)26(29(35)30(33)36)28(34)24-9-11-25(12-10-24)37-20-22-8-6-7-21(3)19-22/h6-16,19,27,34H,4-5,17-18,20H2,1-3H3/b28-26+/t27-/m0/s1. The lowest BCUT2D eigenvalue weighted by Gasteiger charge is -2.28. The van der Waals surface area contributed by atoms with E-state index in [1.807, 2.05) is 25.1 Å².